The summed E-state index contributed by atoms with van der Waals surface area (Å²) < 4.78 is 5.16. The van der Waals surface area contributed by atoms with Crippen LogP contribution < -0.4 is 4.90 Å². The Balaban J connectivity index is 3.12. The molecule has 1 heterocycles. The first-order valence-corrected chi connectivity index (χ1v) is 6.93. The molecular formula is C13H22ClN3O2. The molecule has 0 atom stereocenters. The van der Waals surface area contributed by atoms with Gasteiger partial charge in [0.1, 0.15) is 17.3 Å². The third-order valence-electron chi connectivity index (χ3n) is 3.22. The molecule has 1 aromatic heterocycles. The van der Waals surface area contributed by atoms with E-state index in [2.05, 4.69) is 28.7 Å². The van der Waals surface area contributed by atoms with Crippen LogP contribution in [0.2, 0.25) is 5.15 Å². The Kier molecular flexibility index (Phi) is 7.05. The molecule has 0 bridgehead atoms. The summed E-state index contributed by atoms with van der Waals surface area (Å²) in [6.45, 7) is 5.41. The van der Waals surface area contributed by atoms with E-state index in [1.54, 1.807) is 7.11 Å². The van der Waals surface area contributed by atoms with Crippen molar-refractivity contribution in [3.05, 3.63) is 17.0 Å². The van der Waals surface area contributed by atoms with E-state index in [0.717, 1.165) is 12.8 Å². The number of aromatic nitrogens is 2. The topological polar surface area (TPSA) is 58.5 Å². The van der Waals surface area contributed by atoms with Gasteiger partial charge in [-0.3, -0.25) is 0 Å². The highest BCUT2D eigenvalue weighted by Gasteiger charge is 2.21. The molecule has 0 radical (unpaired) electrons. The zero-order valence-electron chi connectivity index (χ0n) is 11.8. The fourth-order valence-electron chi connectivity index (χ4n) is 2.15. The highest BCUT2D eigenvalue weighted by Crippen LogP contribution is 2.26. The van der Waals surface area contributed by atoms with Gasteiger partial charge in [-0.25, -0.2) is 9.97 Å². The van der Waals surface area contributed by atoms with Crippen molar-refractivity contribution < 1.29 is 9.84 Å². The minimum absolute atomic E-state index is 0.168. The van der Waals surface area contributed by atoms with Crippen molar-refractivity contribution >= 4 is 17.4 Å². The largest absolute Gasteiger partial charge is 0.391 e. The van der Waals surface area contributed by atoms with E-state index in [-0.39, 0.29) is 6.61 Å². The van der Waals surface area contributed by atoms with Gasteiger partial charge in [0.2, 0.25) is 0 Å². The molecule has 0 spiro atoms. The average molecular weight is 288 g/mol. The van der Waals surface area contributed by atoms with Crippen LogP contribution in [0, 0.1) is 0 Å². The maximum absolute atomic E-state index is 9.48. The monoisotopic (exact) mass is 287 g/mol. The molecule has 0 aliphatic carbocycles. The lowest BCUT2D eigenvalue weighted by Gasteiger charge is -2.32. The van der Waals surface area contributed by atoms with Gasteiger partial charge in [0.05, 0.1) is 18.8 Å². The van der Waals surface area contributed by atoms with Crippen LogP contribution in [-0.2, 0) is 11.3 Å². The third-order valence-corrected chi connectivity index (χ3v) is 3.55. The highest BCUT2D eigenvalue weighted by atomic mass is 35.5. The van der Waals surface area contributed by atoms with E-state index in [1.165, 1.54) is 6.33 Å². The van der Waals surface area contributed by atoms with E-state index in [0.29, 0.717) is 35.7 Å². The van der Waals surface area contributed by atoms with Gasteiger partial charge < -0.3 is 14.7 Å². The van der Waals surface area contributed by atoms with E-state index in [1.807, 2.05) is 0 Å². The molecule has 0 aliphatic rings. The van der Waals surface area contributed by atoms with Crippen molar-refractivity contribution in [2.24, 2.45) is 0 Å². The van der Waals surface area contributed by atoms with Crippen LogP contribution in [0.3, 0.4) is 0 Å². The van der Waals surface area contributed by atoms with Crippen molar-refractivity contribution in [1.29, 1.82) is 0 Å². The standard InChI is InChI=1S/C13H22ClN3O2/c1-4-10(5-2)17(6-7-19-3)13-11(8-18)12(14)15-9-16-13/h9-10,18H,4-8H2,1-3H3. The molecule has 5 nitrogen and oxygen atoms in total. The maximum Gasteiger partial charge on any atom is 0.140 e. The SMILES string of the molecule is CCC(CC)N(CCOC)c1ncnc(Cl)c1CO. The molecule has 0 aliphatic heterocycles. The molecule has 0 fully saturated rings. The normalized spacial score (nSPS) is 11.1. The molecule has 0 saturated heterocycles. The molecule has 6 heteroatoms. The number of rotatable bonds is 8. The van der Waals surface area contributed by atoms with Crippen LogP contribution in [0.4, 0.5) is 5.82 Å². The van der Waals surface area contributed by atoms with Crippen molar-refractivity contribution in [2.45, 2.75) is 39.3 Å². The van der Waals surface area contributed by atoms with Gasteiger partial charge >= 0.3 is 0 Å². The number of hydrogen-bond donors (Lipinski definition) is 1. The number of methoxy groups -OCH3 is 1. The van der Waals surface area contributed by atoms with Crippen LogP contribution in [0.25, 0.3) is 0 Å². The minimum Gasteiger partial charge on any atom is -0.391 e. The zero-order chi connectivity index (χ0) is 14.3. The van der Waals surface area contributed by atoms with Gasteiger partial charge in [-0.15, -0.1) is 0 Å². The molecule has 1 N–H and O–H groups in total. The number of aliphatic hydroxyl groups excluding tert-OH is 1. The Bertz CT molecular complexity index is 386. The summed E-state index contributed by atoms with van der Waals surface area (Å²) in [7, 11) is 1.67. The van der Waals surface area contributed by atoms with Crippen molar-refractivity contribution in [3.63, 3.8) is 0 Å². The summed E-state index contributed by atoms with van der Waals surface area (Å²) in [5, 5.41) is 9.78. The first kappa shape index (κ1) is 16.1. The second-order valence-electron chi connectivity index (χ2n) is 4.28. The molecule has 1 rings (SSSR count). The summed E-state index contributed by atoms with van der Waals surface area (Å²) in [6.07, 6.45) is 3.42. The Hall–Kier alpha value is -0.910. The Labute approximate surface area is 119 Å². The number of hydrogen-bond acceptors (Lipinski definition) is 5. The van der Waals surface area contributed by atoms with Gasteiger partial charge in [0.25, 0.3) is 0 Å². The van der Waals surface area contributed by atoms with Crippen LogP contribution >= 0.6 is 11.6 Å². The second kappa shape index (κ2) is 8.30. The summed E-state index contributed by atoms with van der Waals surface area (Å²) in [4.78, 5) is 10.4. The van der Waals surface area contributed by atoms with E-state index in [9.17, 15) is 5.11 Å². The second-order valence-corrected chi connectivity index (χ2v) is 4.64. The summed E-state index contributed by atoms with van der Waals surface area (Å²) in [5.74, 6) is 0.702. The summed E-state index contributed by atoms with van der Waals surface area (Å²) >= 11 is 6.03. The first-order chi connectivity index (χ1) is 9.19. The van der Waals surface area contributed by atoms with Crippen LogP contribution in [0.5, 0.6) is 0 Å². The molecule has 0 unspecified atom stereocenters. The van der Waals surface area contributed by atoms with Gasteiger partial charge in [-0.2, -0.15) is 0 Å². The smallest absolute Gasteiger partial charge is 0.140 e. The molecule has 19 heavy (non-hydrogen) atoms. The zero-order valence-corrected chi connectivity index (χ0v) is 12.5. The van der Waals surface area contributed by atoms with Crippen molar-refractivity contribution in [1.82, 2.24) is 9.97 Å². The molecule has 0 amide bonds. The number of nitrogens with zero attached hydrogens (tertiary/aromatic N) is 3. The summed E-state index contributed by atoms with van der Waals surface area (Å²) in [6, 6.07) is 0.339. The highest BCUT2D eigenvalue weighted by molar-refractivity contribution is 6.30. The Morgan fingerprint density at radius 2 is 2.05 bits per heavy atom. The lowest BCUT2D eigenvalue weighted by atomic mass is 10.1. The predicted octanol–water partition coefficient (Wildman–Crippen LogP) is 2.26. The molecule has 0 saturated carbocycles. The first-order valence-electron chi connectivity index (χ1n) is 6.55. The number of ether oxygens (including phenoxy) is 1. The number of anilines is 1. The lowest BCUT2D eigenvalue weighted by molar-refractivity contribution is 0.202. The van der Waals surface area contributed by atoms with Crippen LogP contribution in [0.1, 0.15) is 32.3 Å². The van der Waals surface area contributed by atoms with E-state index in [4.69, 9.17) is 16.3 Å². The lowest BCUT2D eigenvalue weighted by Crippen LogP contribution is -2.38. The van der Waals surface area contributed by atoms with Crippen molar-refractivity contribution in [2.75, 3.05) is 25.2 Å². The van der Waals surface area contributed by atoms with Crippen LogP contribution in [0.15, 0.2) is 6.33 Å². The van der Waals surface area contributed by atoms with Gasteiger partial charge in [-0.1, -0.05) is 25.4 Å². The van der Waals surface area contributed by atoms with Gasteiger partial charge in [0, 0.05) is 19.7 Å². The average Bonchev–Trinajstić information content (AvgIpc) is 2.43. The molecular weight excluding hydrogens is 266 g/mol. The van der Waals surface area contributed by atoms with Crippen molar-refractivity contribution in [3.8, 4) is 0 Å². The summed E-state index contributed by atoms with van der Waals surface area (Å²) in [5.41, 5.74) is 0.576. The minimum atomic E-state index is -0.168. The Morgan fingerprint density at radius 1 is 1.37 bits per heavy atom. The van der Waals surface area contributed by atoms with Crippen LogP contribution in [-0.4, -0.2) is 41.4 Å². The fourth-order valence-corrected chi connectivity index (χ4v) is 2.33. The van der Waals surface area contributed by atoms with Gasteiger partial charge in [0.15, 0.2) is 0 Å². The van der Waals surface area contributed by atoms with E-state index < -0.39 is 0 Å². The molecule has 0 aromatic carbocycles. The Morgan fingerprint density at radius 3 is 2.58 bits per heavy atom. The predicted molar refractivity (Wildman–Crippen MR) is 76.6 cm³/mol. The van der Waals surface area contributed by atoms with Gasteiger partial charge in [-0.05, 0) is 12.8 Å². The quantitative estimate of drug-likeness (QED) is 0.743. The molecule has 108 valence electrons. The number of halogens is 1. The third kappa shape index (κ3) is 4.03. The maximum atomic E-state index is 9.48. The van der Waals surface area contributed by atoms with E-state index >= 15 is 0 Å². The molecule has 1 aromatic rings. The number of aliphatic hydroxyl groups is 1. The fraction of sp³-hybridized carbons (Fsp3) is 0.692.